The standard InChI is InChI=1S/C11H16N.BrH.Zn/c1-3-12(4-2)10-11-8-6-5-7-9-11;;/h5-6,8-9H,3-4,10H2,1-2H3;1H;/q-1;;+2/p-1. The second-order valence-corrected chi connectivity index (χ2v) is 2.87. The number of halogens is 1. The fourth-order valence-corrected chi connectivity index (χ4v) is 1.23. The Hall–Kier alpha value is 0.283. The van der Waals surface area contributed by atoms with Crippen LogP contribution >= 0.6 is 13.6 Å². The molecule has 0 fully saturated rings. The molecule has 0 unspecified atom stereocenters. The van der Waals surface area contributed by atoms with E-state index in [2.05, 4.69) is 50.6 Å². The van der Waals surface area contributed by atoms with Crippen molar-refractivity contribution in [3.05, 3.63) is 35.9 Å². The third kappa shape index (κ3) is 5.90. The van der Waals surface area contributed by atoms with E-state index in [0.717, 1.165) is 19.6 Å². The molecular weight excluding hydrogens is 291 g/mol. The molecule has 74 valence electrons. The van der Waals surface area contributed by atoms with Crippen LogP contribution in [-0.2, 0) is 22.9 Å². The van der Waals surface area contributed by atoms with E-state index in [0.29, 0.717) is 0 Å². The zero-order valence-electron chi connectivity index (χ0n) is 8.96. The Balaban J connectivity index is 0.000000791. The van der Waals surface area contributed by atoms with Gasteiger partial charge in [-0.2, -0.15) is 30.3 Å². The molecule has 0 radical (unpaired) electrons. The van der Waals surface area contributed by atoms with Gasteiger partial charge in [0, 0.05) is 0 Å². The maximum absolute atomic E-state index is 3.09. The minimum atomic E-state index is 1.05. The Morgan fingerprint density at radius 3 is 2.43 bits per heavy atom. The molecule has 0 saturated carbocycles. The van der Waals surface area contributed by atoms with Gasteiger partial charge in [0.2, 0.25) is 0 Å². The topological polar surface area (TPSA) is 3.24 Å². The molecule has 0 aliphatic heterocycles. The quantitative estimate of drug-likeness (QED) is 0.610. The molecule has 0 spiro atoms. The maximum atomic E-state index is 3.09. The van der Waals surface area contributed by atoms with Crippen LogP contribution in [0.25, 0.3) is 0 Å². The third-order valence-corrected chi connectivity index (χ3v) is 2.07. The van der Waals surface area contributed by atoms with Crippen LogP contribution in [0.15, 0.2) is 24.3 Å². The molecule has 0 bridgehead atoms. The molecule has 0 aliphatic carbocycles. The Morgan fingerprint density at radius 2 is 2.00 bits per heavy atom. The average molecular weight is 308 g/mol. The predicted octanol–water partition coefficient (Wildman–Crippen LogP) is 3.17. The van der Waals surface area contributed by atoms with Crippen molar-refractivity contribution in [1.82, 2.24) is 4.90 Å². The van der Waals surface area contributed by atoms with E-state index in [9.17, 15) is 0 Å². The molecule has 0 aliphatic rings. The molecule has 0 atom stereocenters. The monoisotopic (exact) mass is 305 g/mol. The molecule has 1 aromatic rings. The van der Waals surface area contributed by atoms with Crippen LogP contribution in [0.2, 0.25) is 0 Å². The van der Waals surface area contributed by atoms with Gasteiger partial charge in [0.15, 0.2) is 0 Å². The summed E-state index contributed by atoms with van der Waals surface area (Å²) in [5, 5.41) is 0. The van der Waals surface area contributed by atoms with E-state index >= 15 is 0 Å². The molecule has 3 heteroatoms. The van der Waals surface area contributed by atoms with Gasteiger partial charge in [-0.1, -0.05) is 13.8 Å². The summed E-state index contributed by atoms with van der Waals surface area (Å²) in [5.41, 5.74) is 1.35. The molecule has 14 heavy (non-hydrogen) atoms. The summed E-state index contributed by atoms with van der Waals surface area (Å²) < 4.78 is 0. The first kappa shape index (κ1) is 14.3. The van der Waals surface area contributed by atoms with E-state index < -0.39 is 0 Å². The zero-order valence-corrected chi connectivity index (χ0v) is 13.5. The van der Waals surface area contributed by atoms with Gasteiger partial charge in [-0.3, -0.25) is 0 Å². The molecule has 0 saturated heterocycles. The van der Waals surface area contributed by atoms with Crippen molar-refractivity contribution in [3.63, 3.8) is 0 Å². The average Bonchev–Trinajstić information content (AvgIpc) is 2.30. The predicted molar refractivity (Wildman–Crippen MR) is 60.8 cm³/mol. The van der Waals surface area contributed by atoms with Gasteiger partial charge >= 0.3 is 30.0 Å². The molecule has 0 aromatic heterocycles. The summed E-state index contributed by atoms with van der Waals surface area (Å²) in [7, 11) is 0. The molecule has 1 nitrogen and oxygen atoms in total. The van der Waals surface area contributed by atoms with Crippen molar-refractivity contribution in [2.24, 2.45) is 0 Å². The first-order valence-electron chi connectivity index (χ1n) is 4.81. The number of rotatable bonds is 4. The first-order chi connectivity index (χ1) is 6.86. The molecule has 1 rings (SSSR count). The Morgan fingerprint density at radius 1 is 1.36 bits per heavy atom. The van der Waals surface area contributed by atoms with Crippen LogP contribution in [0.5, 0.6) is 0 Å². The summed E-state index contributed by atoms with van der Waals surface area (Å²) in [5.74, 6) is 0. The number of benzene rings is 1. The Bertz CT molecular complexity index is 212. The molecular formula is C11H16BrNZn. The molecule has 0 amide bonds. The van der Waals surface area contributed by atoms with Gasteiger partial charge in [-0.25, -0.2) is 0 Å². The number of hydrogen-bond acceptors (Lipinski definition) is 1. The van der Waals surface area contributed by atoms with Gasteiger partial charge in [0.1, 0.15) is 0 Å². The minimum absolute atomic E-state index is 1.05. The first-order valence-corrected chi connectivity index (χ1v) is 11.8. The van der Waals surface area contributed by atoms with E-state index in [1.807, 2.05) is 12.1 Å². The molecule has 1 aromatic carbocycles. The van der Waals surface area contributed by atoms with Crippen LogP contribution in [-0.4, -0.2) is 18.0 Å². The zero-order chi connectivity index (χ0) is 10.8. The van der Waals surface area contributed by atoms with Crippen molar-refractivity contribution in [2.45, 2.75) is 20.4 Å². The second kappa shape index (κ2) is 9.82. The van der Waals surface area contributed by atoms with Crippen molar-refractivity contribution in [1.29, 1.82) is 0 Å². The number of nitrogens with zero attached hydrogens (tertiary/aromatic N) is 1. The van der Waals surface area contributed by atoms with Crippen LogP contribution in [0.4, 0.5) is 0 Å². The summed E-state index contributed by atoms with van der Waals surface area (Å²) in [4.78, 5) is 2.39. The summed E-state index contributed by atoms with van der Waals surface area (Å²) >= 11 is 4.25. The van der Waals surface area contributed by atoms with Crippen molar-refractivity contribution >= 4 is 13.6 Å². The van der Waals surface area contributed by atoms with Crippen LogP contribution in [0.3, 0.4) is 0 Å². The van der Waals surface area contributed by atoms with E-state index in [1.54, 1.807) is 0 Å². The fraction of sp³-hybridized carbons (Fsp3) is 0.455. The normalized spacial score (nSPS) is 9.57. The van der Waals surface area contributed by atoms with Crippen LogP contribution < -0.4 is 0 Å². The second-order valence-electron chi connectivity index (χ2n) is 2.87. The van der Waals surface area contributed by atoms with Gasteiger partial charge in [-0.05, 0) is 19.6 Å². The van der Waals surface area contributed by atoms with Crippen molar-refractivity contribution < 1.29 is 16.3 Å². The van der Waals surface area contributed by atoms with Crippen LogP contribution in [0, 0.1) is 6.07 Å². The third-order valence-electron chi connectivity index (χ3n) is 2.07. The molecule has 0 N–H and O–H groups in total. The summed E-state index contributed by atoms with van der Waals surface area (Å²) in [6.45, 7) is 7.66. The van der Waals surface area contributed by atoms with E-state index in [4.69, 9.17) is 0 Å². The van der Waals surface area contributed by atoms with Gasteiger partial charge in [0.25, 0.3) is 0 Å². The van der Waals surface area contributed by atoms with Crippen molar-refractivity contribution in [3.8, 4) is 0 Å². The van der Waals surface area contributed by atoms with Gasteiger partial charge in [-0.15, -0.1) is 5.56 Å². The molecule has 0 heterocycles. The SMILES string of the molecule is CCN(CC)Cc1c[c-]ccc1.[Zn+][Br]. The van der Waals surface area contributed by atoms with E-state index in [-0.39, 0.29) is 0 Å². The van der Waals surface area contributed by atoms with Gasteiger partial charge < -0.3 is 4.90 Å². The van der Waals surface area contributed by atoms with E-state index in [1.165, 1.54) is 21.9 Å². The number of hydrogen-bond donors (Lipinski definition) is 0. The summed E-state index contributed by atoms with van der Waals surface area (Å²) in [6, 6.07) is 11.3. The van der Waals surface area contributed by atoms with Gasteiger partial charge in [0.05, 0.1) is 0 Å². The Labute approximate surface area is 104 Å². The Kier molecular flexibility index (Phi) is 10.0. The summed E-state index contributed by atoms with van der Waals surface area (Å²) in [6.07, 6.45) is 0. The van der Waals surface area contributed by atoms with Crippen LogP contribution in [0.1, 0.15) is 19.4 Å². The fourth-order valence-electron chi connectivity index (χ4n) is 1.23. The van der Waals surface area contributed by atoms with Crippen molar-refractivity contribution in [2.75, 3.05) is 13.1 Å².